The second kappa shape index (κ2) is 5.25. The summed E-state index contributed by atoms with van der Waals surface area (Å²) in [7, 11) is 0. The first kappa shape index (κ1) is 11.3. The maximum Gasteiger partial charge on any atom is 0.340 e. The van der Waals surface area contributed by atoms with Crippen molar-refractivity contribution in [3.63, 3.8) is 0 Å². The number of aryl methyl sites for hydroxylation is 1. The van der Waals surface area contributed by atoms with Gasteiger partial charge in [-0.25, -0.2) is 4.79 Å². The Bertz CT molecular complexity index is 509. The summed E-state index contributed by atoms with van der Waals surface area (Å²) in [5, 5.41) is 0. The zero-order valence-electron chi connectivity index (χ0n) is 9.59. The van der Waals surface area contributed by atoms with Gasteiger partial charge in [-0.1, -0.05) is 30.3 Å². The highest BCUT2D eigenvalue weighted by Crippen LogP contribution is 2.08. The van der Waals surface area contributed by atoms with E-state index in [1.54, 1.807) is 25.3 Å². The van der Waals surface area contributed by atoms with Crippen LogP contribution in [0.1, 0.15) is 21.6 Å². The summed E-state index contributed by atoms with van der Waals surface area (Å²) in [6.45, 7) is 2.08. The van der Waals surface area contributed by atoms with E-state index in [-0.39, 0.29) is 12.6 Å². The first-order valence-electron chi connectivity index (χ1n) is 5.40. The molecular weight excluding hydrogens is 214 g/mol. The Labute approximate surface area is 100 Å². The molecule has 0 fully saturated rings. The van der Waals surface area contributed by atoms with Gasteiger partial charge < -0.3 is 4.74 Å². The number of ether oxygens (including phenoxy) is 1. The van der Waals surface area contributed by atoms with Crippen molar-refractivity contribution in [3.8, 4) is 0 Å². The molecule has 0 unspecified atom stereocenters. The summed E-state index contributed by atoms with van der Waals surface area (Å²) in [6, 6.07) is 13.0. The largest absolute Gasteiger partial charge is 0.457 e. The van der Waals surface area contributed by atoms with Crippen molar-refractivity contribution < 1.29 is 9.53 Å². The zero-order chi connectivity index (χ0) is 12.1. The first-order chi connectivity index (χ1) is 8.27. The van der Waals surface area contributed by atoms with Crippen LogP contribution in [0, 0.1) is 6.92 Å². The summed E-state index contributed by atoms with van der Waals surface area (Å²) in [5.41, 5.74) is 2.18. The van der Waals surface area contributed by atoms with Crippen molar-refractivity contribution in [2.24, 2.45) is 0 Å². The summed E-state index contributed by atoms with van der Waals surface area (Å²) < 4.78 is 5.22. The number of hydrogen-bond donors (Lipinski definition) is 0. The number of pyridine rings is 1. The van der Waals surface area contributed by atoms with Gasteiger partial charge in [-0.15, -0.1) is 0 Å². The van der Waals surface area contributed by atoms with E-state index in [0.29, 0.717) is 11.3 Å². The number of benzene rings is 1. The molecule has 0 atom stereocenters. The second-order valence-corrected chi connectivity index (χ2v) is 3.70. The molecule has 86 valence electrons. The Morgan fingerprint density at radius 1 is 1.18 bits per heavy atom. The van der Waals surface area contributed by atoms with E-state index in [2.05, 4.69) is 4.98 Å². The lowest BCUT2D eigenvalue weighted by Gasteiger charge is -2.06. The average molecular weight is 227 g/mol. The lowest BCUT2D eigenvalue weighted by Crippen LogP contribution is -2.07. The fourth-order valence-electron chi connectivity index (χ4n) is 1.50. The van der Waals surface area contributed by atoms with E-state index in [1.807, 2.05) is 30.3 Å². The van der Waals surface area contributed by atoms with Crippen LogP contribution in [0.3, 0.4) is 0 Å². The van der Waals surface area contributed by atoms with Gasteiger partial charge in [-0.05, 0) is 24.6 Å². The van der Waals surface area contributed by atoms with Crippen LogP contribution in [0.5, 0.6) is 0 Å². The van der Waals surface area contributed by atoms with Crippen LogP contribution in [0.4, 0.5) is 0 Å². The minimum Gasteiger partial charge on any atom is -0.457 e. The van der Waals surface area contributed by atoms with Crippen LogP contribution < -0.4 is 0 Å². The predicted octanol–water partition coefficient (Wildman–Crippen LogP) is 2.75. The van der Waals surface area contributed by atoms with E-state index in [9.17, 15) is 4.79 Å². The number of hydrogen-bond acceptors (Lipinski definition) is 3. The molecule has 2 rings (SSSR count). The van der Waals surface area contributed by atoms with Crippen molar-refractivity contribution in [1.82, 2.24) is 4.98 Å². The van der Waals surface area contributed by atoms with E-state index >= 15 is 0 Å². The second-order valence-electron chi connectivity index (χ2n) is 3.70. The van der Waals surface area contributed by atoms with Gasteiger partial charge in [0.2, 0.25) is 0 Å². The van der Waals surface area contributed by atoms with E-state index in [4.69, 9.17) is 4.74 Å². The van der Waals surface area contributed by atoms with Crippen LogP contribution in [0.2, 0.25) is 0 Å². The normalized spacial score (nSPS) is 9.94. The van der Waals surface area contributed by atoms with Crippen LogP contribution in [-0.4, -0.2) is 11.0 Å². The molecule has 3 heteroatoms. The summed E-state index contributed by atoms with van der Waals surface area (Å²) >= 11 is 0. The Hall–Kier alpha value is -2.16. The van der Waals surface area contributed by atoms with Crippen molar-refractivity contribution in [3.05, 3.63) is 65.5 Å². The van der Waals surface area contributed by atoms with E-state index in [1.165, 1.54) is 0 Å². The highest BCUT2D eigenvalue weighted by molar-refractivity contribution is 5.90. The molecule has 0 saturated carbocycles. The lowest BCUT2D eigenvalue weighted by atomic mass is 10.2. The van der Waals surface area contributed by atoms with Gasteiger partial charge in [-0.2, -0.15) is 0 Å². The monoisotopic (exact) mass is 227 g/mol. The first-order valence-corrected chi connectivity index (χ1v) is 5.40. The Morgan fingerprint density at radius 3 is 2.65 bits per heavy atom. The standard InChI is InChI=1S/C14H13NO2/c1-11-13(8-5-9-15-11)14(16)17-10-12-6-3-2-4-7-12/h2-9H,10H2,1H3. The van der Waals surface area contributed by atoms with Gasteiger partial charge in [0.1, 0.15) is 6.61 Å². The summed E-state index contributed by atoms with van der Waals surface area (Å²) in [5.74, 6) is -0.334. The number of nitrogens with zero attached hydrogens (tertiary/aromatic N) is 1. The van der Waals surface area contributed by atoms with Crippen molar-refractivity contribution in [1.29, 1.82) is 0 Å². The smallest absolute Gasteiger partial charge is 0.340 e. The SMILES string of the molecule is Cc1ncccc1C(=O)OCc1ccccc1. The number of esters is 1. The van der Waals surface area contributed by atoms with Crippen molar-refractivity contribution in [2.75, 3.05) is 0 Å². The molecule has 2 aromatic rings. The summed E-state index contributed by atoms with van der Waals surface area (Å²) in [6.07, 6.45) is 1.66. The Morgan fingerprint density at radius 2 is 1.94 bits per heavy atom. The number of carbonyl (C=O) groups is 1. The van der Waals surface area contributed by atoms with Gasteiger partial charge in [0.25, 0.3) is 0 Å². The fraction of sp³-hybridized carbons (Fsp3) is 0.143. The molecule has 0 radical (unpaired) electrons. The number of carbonyl (C=O) groups excluding carboxylic acids is 1. The average Bonchev–Trinajstić information content (AvgIpc) is 2.38. The molecule has 1 aromatic carbocycles. The van der Waals surface area contributed by atoms with Crippen molar-refractivity contribution in [2.45, 2.75) is 13.5 Å². The molecular formula is C14H13NO2. The third kappa shape index (κ3) is 2.91. The van der Waals surface area contributed by atoms with Gasteiger partial charge >= 0.3 is 5.97 Å². The van der Waals surface area contributed by atoms with E-state index < -0.39 is 0 Å². The molecule has 0 spiro atoms. The van der Waals surface area contributed by atoms with Crippen LogP contribution in [0.25, 0.3) is 0 Å². The minimum atomic E-state index is -0.334. The Balaban J connectivity index is 2.01. The lowest BCUT2D eigenvalue weighted by molar-refractivity contribution is 0.0471. The van der Waals surface area contributed by atoms with Gasteiger partial charge in [0, 0.05) is 6.20 Å². The molecule has 0 aliphatic carbocycles. The molecule has 0 bridgehead atoms. The minimum absolute atomic E-state index is 0.286. The molecule has 0 N–H and O–H groups in total. The highest BCUT2D eigenvalue weighted by atomic mass is 16.5. The number of rotatable bonds is 3. The van der Waals surface area contributed by atoms with E-state index in [0.717, 1.165) is 5.56 Å². The maximum atomic E-state index is 11.8. The van der Waals surface area contributed by atoms with Crippen LogP contribution in [-0.2, 0) is 11.3 Å². The molecule has 1 heterocycles. The van der Waals surface area contributed by atoms with Gasteiger partial charge in [0.05, 0.1) is 11.3 Å². The number of aromatic nitrogens is 1. The predicted molar refractivity (Wildman–Crippen MR) is 64.5 cm³/mol. The molecule has 17 heavy (non-hydrogen) atoms. The molecule has 3 nitrogen and oxygen atoms in total. The fourth-order valence-corrected chi connectivity index (χ4v) is 1.50. The zero-order valence-corrected chi connectivity index (χ0v) is 9.59. The van der Waals surface area contributed by atoms with Gasteiger partial charge in [0.15, 0.2) is 0 Å². The molecule has 0 saturated heterocycles. The third-order valence-electron chi connectivity index (χ3n) is 2.44. The Kier molecular flexibility index (Phi) is 3.50. The molecule has 0 amide bonds. The maximum absolute atomic E-state index is 11.8. The topological polar surface area (TPSA) is 39.2 Å². The van der Waals surface area contributed by atoms with Gasteiger partial charge in [-0.3, -0.25) is 4.98 Å². The highest BCUT2D eigenvalue weighted by Gasteiger charge is 2.10. The molecule has 0 aliphatic rings. The van der Waals surface area contributed by atoms with Crippen molar-refractivity contribution >= 4 is 5.97 Å². The quantitative estimate of drug-likeness (QED) is 0.757. The summed E-state index contributed by atoms with van der Waals surface area (Å²) in [4.78, 5) is 15.8. The third-order valence-corrected chi connectivity index (χ3v) is 2.44. The molecule has 1 aromatic heterocycles. The van der Waals surface area contributed by atoms with Crippen LogP contribution in [0.15, 0.2) is 48.7 Å². The molecule has 0 aliphatic heterocycles. The van der Waals surface area contributed by atoms with Crippen LogP contribution >= 0.6 is 0 Å².